The van der Waals surface area contributed by atoms with Crippen LogP contribution in [0.5, 0.6) is 0 Å². The summed E-state index contributed by atoms with van der Waals surface area (Å²) < 4.78 is 0. The summed E-state index contributed by atoms with van der Waals surface area (Å²) in [5, 5.41) is 3.55. The van der Waals surface area contributed by atoms with Crippen molar-refractivity contribution in [3.8, 4) is 0 Å². The molecular weight excluding hydrogens is 232 g/mol. The zero-order chi connectivity index (χ0) is 12.7. The molecule has 102 valence electrons. The average Bonchev–Trinajstić information content (AvgIpc) is 2.45. The van der Waals surface area contributed by atoms with Crippen LogP contribution in [0.4, 0.5) is 11.4 Å². The van der Waals surface area contributed by atoms with E-state index in [4.69, 9.17) is 0 Å². The third-order valence-corrected chi connectivity index (χ3v) is 5.36. The highest BCUT2D eigenvalue weighted by Crippen LogP contribution is 2.46. The first-order chi connectivity index (χ1) is 9.35. The lowest BCUT2D eigenvalue weighted by atomic mass is 9.68. The highest BCUT2D eigenvalue weighted by molar-refractivity contribution is 5.64. The fourth-order valence-corrected chi connectivity index (χ4v) is 4.21. The first-order valence-corrected chi connectivity index (χ1v) is 7.97. The maximum absolute atomic E-state index is 3.55. The van der Waals surface area contributed by atoms with Crippen LogP contribution in [0.15, 0.2) is 18.2 Å². The SMILES string of the molecule is c1cc2c(cc1N1CC3(CCCCC3)C1)NCCC2. The zero-order valence-corrected chi connectivity index (χ0v) is 11.8. The molecule has 2 aliphatic heterocycles. The second-order valence-corrected chi connectivity index (χ2v) is 6.79. The molecule has 19 heavy (non-hydrogen) atoms. The minimum Gasteiger partial charge on any atom is -0.385 e. The van der Waals surface area contributed by atoms with Crippen LogP contribution in [-0.2, 0) is 6.42 Å². The fraction of sp³-hybridized carbons (Fsp3) is 0.647. The highest BCUT2D eigenvalue weighted by atomic mass is 15.2. The Labute approximate surface area is 116 Å². The largest absolute Gasteiger partial charge is 0.385 e. The Hall–Kier alpha value is -1.18. The summed E-state index contributed by atoms with van der Waals surface area (Å²) in [6, 6.07) is 7.05. The van der Waals surface area contributed by atoms with Gasteiger partial charge in [0.15, 0.2) is 0 Å². The van der Waals surface area contributed by atoms with Gasteiger partial charge in [0.25, 0.3) is 0 Å². The summed E-state index contributed by atoms with van der Waals surface area (Å²) >= 11 is 0. The van der Waals surface area contributed by atoms with Gasteiger partial charge in [-0.25, -0.2) is 0 Å². The van der Waals surface area contributed by atoms with Gasteiger partial charge in [0.05, 0.1) is 0 Å². The third-order valence-electron chi connectivity index (χ3n) is 5.36. The molecule has 3 aliphatic rings. The van der Waals surface area contributed by atoms with Gasteiger partial charge in [-0.1, -0.05) is 25.3 Å². The smallest absolute Gasteiger partial charge is 0.0393 e. The molecule has 2 fully saturated rings. The van der Waals surface area contributed by atoms with Gasteiger partial charge in [0.2, 0.25) is 0 Å². The van der Waals surface area contributed by atoms with E-state index in [0.717, 1.165) is 6.54 Å². The van der Waals surface area contributed by atoms with Gasteiger partial charge in [0.1, 0.15) is 0 Å². The number of fused-ring (bicyclic) bond motifs is 1. The van der Waals surface area contributed by atoms with Crippen molar-refractivity contribution in [3.05, 3.63) is 23.8 Å². The van der Waals surface area contributed by atoms with Crippen molar-refractivity contribution in [3.63, 3.8) is 0 Å². The fourth-order valence-electron chi connectivity index (χ4n) is 4.21. The maximum atomic E-state index is 3.55. The van der Waals surface area contributed by atoms with Crippen LogP contribution < -0.4 is 10.2 Å². The van der Waals surface area contributed by atoms with Crippen molar-refractivity contribution in [2.24, 2.45) is 5.41 Å². The Kier molecular flexibility index (Phi) is 2.71. The predicted molar refractivity (Wildman–Crippen MR) is 81.0 cm³/mol. The van der Waals surface area contributed by atoms with Gasteiger partial charge < -0.3 is 10.2 Å². The number of benzene rings is 1. The summed E-state index contributed by atoms with van der Waals surface area (Å²) in [5.41, 5.74) is 5.00. The lowest BCUT2D eigenvalue weighted by Gasteiger charge is -2.53. The van der Waals surface area contributed by atoms with Crippen LogP contribution in [0.2, 0.25) is 0 Å². The molecule has 2 heterocycles. The van der Waals surface area contributed by atoms with Crippen LogP contribution in [0.3, 0.4) is 0 Å². The van der Waals surface area contributed by atoms with Crippen LogP contribution in [0.25, 0.3) is 0 Å². The lowest BCUT2D eigenvalue weighted by molar-refractivity contribution is 0.139. The second-order valence-electron chi connectivity index (χ2n) is 6.79. The van der Waals surface area contributed by atoms with Crippen molar-refractivity contribution < 1.29 is 0 Å². The molecule has 0 bridgehead atoms. The molecule has 1 spiro atoms. The number of hydrogen-bond acceptors (Lipinski definition) is 2. The minimum absolute atomic E-state index is 0.682. The monoisotopic (exact) mass is 256 g/mol. The van der Waals surface area contributed by atoms with Gasteiger partial charge in [0, 0.05) is 36.4 Å². The first kappa shape index (κ1) is 11.6. The summed E-state index contributed by atoms with van der Waals surface area (Å²) in [6.07, 6.45) is 9.83. The van der Waals surface area contributed by atoms with Crippen molar-refractivity contribution >= 4 is 11.4 Å². The van der Waals surface area contributed by atoms with E-state index in [1.54, 1.807) is 0 Å². The van der Waals surface area contributed by atoms with Crippen LogP contribution >= 0.6 is 0 Å². The molecule has 0 radical (unpaired) electrons. The quantitative estimate of drug-likeness (QED) is 0.822. The second kappa shape index (κ2) is 4.43. The summed E-state index contributed by atoms with van der Waals surface area (Å²) in [7, 11) is 0. The molecule has 0 aromatic heterocycles. The Morgan fingerprint density at radius 3 is 2.68 bits per heavy atom. The number of aryl methyl sites for hydroxylation is 1. The number of nitrogens with zero attached hydrogens (tertiary/aromatic N) is 1. The molecule has 1 N–H and O–H groups in total. The minimum atomic E-state index is 0.682. The number of nitrogens with one attached hydrogen (secondary N) is 1. The molecule has 1 saturated carbocycles. The van der Waals surface area contributed by atoms with Crippen molar-refractivity contribution in [2.75, 3.05) is 29.9 Å². The molecular formula is C17H24N2. The van der Waals surface area contributed by atoms with Gasteiger partial charge in [-0.3, -0.25) is 0 Å². The topological polar surface area (TPSA) is 15.3 Å². The Bertz CT molecular complexity index is 466. The zero-order valence-electron chi connectivity index (χ0n) is 11.8. The van der Waals surface area contributed by atoms with Gasteiger partial charge in [-0.15, -0.1) is 0 Å². The molecule has 2 heteroatoms. The van der Waals surface area contributed by atoms with Crippen molar-refractivity contribution in [1.82, 2.24) is 0 Å². The lowest BCUT2D eigenvalue weighted by Crippen LogP contribution is -2.57. The van der Waals surface area contributed by atoms with E-state index >= 15 is 0 Å². The molecule has 0 amide bonds. The van der Waals surface area contributed by atoms with Gasteiger partial charge in [-0.2, -0.15) is 0 Å². The molecule has 1 saturated heterocycles. The van der Waals surface area contributed by atoms with E-state index < -0.39 is 0 Å². The van der Waals surface area contributed by atoms with Crippen LogP contribution in [0.1, 0.15) is 44.1 Å². The molecule has 1 aliphatic carbocycles. The predicted octanol–water partition coefficient (Wildman–Crippen LogP) is 3.82. The molecule has 4 rings (SSSR count). The Balaban J connectivity index is 1.49. The number of anilines is 2. The molecule has 0 atom stereocenters. The van der Waals surface area contributed by atoms with E-state index in [9.17, 15) is 0 Å². The van der Waals surface area contributed by atoms with Crippen molar-refractivity contribution in [2.45, 2.75) is 44.9 Å². The highest BCUT2D eigenvalue weighted by Gasteiger charge is 2.43. The standard InChI is InChI=1S/C17H24N2/c1-2-8-17(9-3-1)12-19(13-17)15-7-6-14-5-4-10-18-16(14)11-15/h6-7,11,18H,1-5,8-10,12-13H2. The number of rotatable bonds is 1. The van der Waals surface area contributed by atoms with E-state index in [1.807, 2.05) is 0 Å². The molecule has 1 aromatic carbocycles. The van der Waals surface area contributed by atoms with Crippen molar-refractivity contribution in [1.29, 1.82) is 0 Å². The third kappa shape index (κ3) is 2.01. The summed E-state index contributed by atoms with van der Waals surface area (Å²) in [4.78, 5) is 2.59. The van der Waals surface area contributed by atoms with Gasteiger partial charge >= 0.3 is 0 Å². The average molecular weight is 256 g/mol. The first-order valence-electron chi connectivity index (χ1n) is 7.97. The molecule has 1 aromatic rings. The Morgan fingerprint density at radius 2 is 1.84 bits per heavy atom. The normalized spacial score (nSPS) is 24.5. The maximum Gasteiger partial charge on any atom is 0.0393 e. The van der Waals surface area contributed by atoms with Gasteiger partial charge in [-0.05, 0) is 43.4 Å². The summed E-state index contributed by atoms with van der Waals surface area (Å²) in [5.74, 6) is 0. The van der Waals surface area contributed by atoms with E-state index in [0.29, 0.717) is 5.41 Å². The number of hydrogen-bond donors (Lipinski definition) is 1. The van der Waals surface area contributed by atoms with E-state index in [2.05, 4.69) is 28.4 Å². The Morgan fingerprint density at radius 1 is 1.00 bits per heavy atom. The van der Waals surface area contributed by atoms with Crippen LogP contribution in [-0.4, -0.2) is 19.6 Å². The molecule has 0 unspecified atom stereocenters. The van der Waals surface area contributed by atoms with Crippen LogP contribution in [0, 0.1) is 5.41 Å². The molecule has 2 nitrogen and oxygen atoms in total. The summed E-state index contributed by atoms with van der Waals surface area (Å²) in [6.45, 7) is 3.73. The van der Waals surface area contributed by atoms with E-state index in [-0.39, 0.29) is 0 Å². The van der Waals surface area contributed by atoms with E-state index in [1.165, 1.54) is 75.0 Å².